The number of aliphatic hydroxyl groups is 1. The molecule has 1 aliphatic rings. The van der Waals surface area contributed by atoms with E-state index in [2.05, 4.69) is 4.98 Å². The molecule has 0 saturated carbocycles. The van der Waals surface area contributed by atoms with Crippen molar-refractivity contribution in [2.24, 2.45) is 0 Å². The molecule has 0 bridgehead atoms. The van der Waals surface area contributed by atoms with Crippen LogP contribution in [0.3, 0.4) is 0 Å². The van der Waals surface area contributed by atoms with Gasteiger partial charge in [-0.3, -0.25) is 24.3 Å². The van der Waals surface area contributed by atoms with Gasteiger partial charge < -0.3 is 14.6 Å². The van der Waals surface area contributed by atoms with Crippen LogP contribution in [0, 0.1) is 0 Å². The zero-order valence-corrected chi connectivity index (χ0v) is 20.9. The number of esters is 1. The molecule has 2 heterocycles. The van der Waals surface area contributed by atoms with Crippen molar-refractivity contribution in [2.75, 3.05) is 11.5 Å². The van der Waals surface area contributed by atoms with Gasteiger partial charge in [-0.05, 0) is 74.4 Å². The van der Waals surface area contributed by atoms with Gasteiger partial charge in [0.25, 0.3) is 11.7 Å². The smallest absolute Gasteiger partial charge is 0.310 e. The molecule has 1 atom stereocenters. The van der Waals surface area contributed by atoms with E-state index in [1.165, 1.54) is 4.90 Å². The predicted octanol–water partition coefficient (Wildman–Crippen LogP) is 4.60. The summed E-state index contributed by atoms with van der Waals surface area (Å²) in [4.78, 5) is 43.9. The second-order valence-electron chi connectivity index (χ2n) is 8.79. The zero-order chi connectivity index (χ0) is 26.5. The molecule has 1 aliphatic heterocycles. The molecule has 0 aliphatic carbocycles. The Morgan fingerprint density at radius 2 is 1.76 bits per heavy atom. The number of amides is 1. The van der Waals surface area contributed by atoms with Gasteiger partial charge in [0.15, 0.2) is 0 Å². The fraction of sp³-hybridized carbons (Fsp3) is 0.241. The van der Waals surface area contributed by atoms with E-state index in [1.54, 1.807) is 80.0 Å². The summed E-state index contributed by atoms with van der Waals surface area (Å²) in [7, 11) is 0. The van der Waals surface area contributed by atoms with E-state index in [-0.39, 0.29) is 29.8 Å². The summed E-state index contributed by atoms with van der Waals surface area (Å²) >= 11 is 0. The summed E-state index contributed by atoms with van der Waals surface area (Å²) in [6, 6.07) is 16.0. The quantitative estimate of drug-likeness (QED) is 0.209. The average molecular weight is 501 g/mol. The van der Waals surface area contributed by atoms with Crippen LogP contribution in [-0.4, -0.2) is 40.5 Å². The van der Waals surface area contributed by atoms with Crippen molar-refractivity contribution in [1.29, 1.82) is 0 Å². The Hall–Kier alpha value is -4.46. The molecule has 8 nitrogen and oxygen atoms in total. The number of carbonyl (C=O) groups excluding carboxylic acids is 3. The third-order valence-corrected chi connectivity index (χ3v) is 5.81. The number of hydrogen-bond acceptors (Lipinski definition) is 7. The Morgan fingerprint density at radius 1 is 1.05 bits per heavy atom. The number of Topliss-reactive ketones (excluding diaryl/α,β-unsaturated/α-hetero) is 1. The molecule has 4 rings (SSSR count). The minimum atomic E-state index is -0.892. The molecular formula is C29H28N2O6. The molecule has 2 aromatic carbocycles. The Morgan fingerprint density at radius 3 is 2.35 bits per heavy atom. The fourth-order valence-corrected chi connectivity index (χ4v) is 4.22. The van der Waals surface area contributed by atoms with Crippen LogP contribution < -0.4 is 9.64 Å². The first-order valence-corrected chi connectivity index (χ1v) is 12.0. The minimum Gasteiger partial charge on any atom is -0.507 e. The molecule has 1 N–H and O–H groups in total. The molecule has 1 unspecified atom stereocenters. The van der Waals surface area contributed by atoms with Crippen LogP contribution in [0.4, 0.5) is 5.69 Å². The monoisotopic (exact) mass is 500 g/mol. The Bertz CT molecular complexity index is 1310. The highest BCUT2D eigenvalue weighted by atomic mass is 16.5. The van der Waals surface area contributed by atoms with E-state index in [0.717, 1.165) is 0 Å². The van der Waals surface area contributed by atoms with E-state index in [0.29, 0.717) is 34.7 Å². The molecule has 1 fully saturated rings. The summed E-state index contributed by atoms with van der Waals surface area (Å²) in [6.07, 6.45) is 3.23. The molecule has 1 amide bonds. The van der Waals surface area contributed by atoms with Gasteiger partial charge >= 0.3 is 5.97 Å². The number of rotatable bonds is 8. The SMILES string of the molecule is CCOC(=O)Cc1ccc(N2C(=O)C(=O)/C(=C(\O)c3ccc(OC(C)C)cc3)C2c2cccnc2)cc1. The van der Waals surface area contributed by atoms with Crippen molar-refractivity contribution in [2.45, 2.75) is 39.3 Å². The van der Waals surface area contributed by atoms with Gasteiger partial charge in [0.2, 0.25) is 0 Å². The van der Waals surface area contributed by atoms with Crippen LogP contribution in [0.15, 0.2) is 78.6 Å². The third-order valence-electron chi connectivity index (χ3n) is 5.81. The highest BCUT2D eigenvalue weighted by Crippen LogP contribution is 2.42. The van der Waals surface area contributed by atoms with Crippen LogP contribution in [0.2, 0.25) is 0 Å². The Kier molecular flexibility index (Phi) is 7.67. The molecule has 37 heavy (non-hydrogen) atoms. The summed E-state index contributed by atoms with van der Waals surface area (Å²) in [5.74, 6) is -1.59. The number of hydrogen-bond donors (Lipinski definition) is 1. The fourth-order valence-electron chi connectivity index (χ4n) is 4.22. The zero-order valence-electron chi connectivity index (χ0n) is 20.9. The lowest BCUT2D eigenvalue weighted by molar-refractivity contribution is -0.142. The van der Waals surface area contributed by atoms with E-state index in [9.17, 15) is 19.5 Å². The van der Waals surface area contributed by atoms with E-state index >= 15 is 0 Å². The topological polar surface area (TPSA) is 106 Å². The molecular weight excluding hydrogens is 472 g/mol. The highest BCUT2D eigenvalue weighted by Gasteiger charge is 2.47. The lowest BCUT2D eigenvalue weighted by Gasteiger charge is -2.25. The number of aliphatic hydroxyl groups excluding tert-OH is 1. The summed E-state index contributed by atoms with van der Waals surface area (Å²) in [5.41, 5.74) is 2.07. The number of benzene rings is 2. The third kappa shape index (κ3) is 5.53. The second-order valence-corrected chi connectivity index (χ2v) is 8.79. The largest absolute Gasteiger partial charge is 0.507 e. The van der Waals surface area contributed by atoms with Crippen LogP contribution in [0.1, 0.15) is 43.5 Å². The maximum atomic E-state index is 13.3. The highest BCUT2D eigenvalue weighted by molar-refractivity contribution is 6.51. The van der Waals surface area contributed by atoms with Gasteiger partial charge in [-0.2, -0.15) is 0 Å². The van der Waals surface area contributed by atoms with Crippen LogP contribution >= 0.6 is 0 Å². The second kappa shape index (κ2) is 11.1. The number of nitrogens with zero attached hydrogens (tertiary/aromatic N) is 2. The van der Waals surface area contributed by atoms with E-state index < -0.39 is 17.7 Å². The number of anilines is 1. The molecule has 1 aromatic heterocycles. The van der Waals surface area contributed by atoms with Crippen molar-refractivity contribution >= 4 is 29.1 Å². The lowest BCUT2D eigenvalue weighted by Crippen LogP contribution is -2.29. The van der Waals surface area contributed by atoms with Crippen LogP contribution in [0.5, 0.6) is 5.75 Å². The first-order valence-electron chi connectivity index (χ1n) is 12.0. The summed E-state index contributed by atoms with van der Waals surface area (Å²) < 4.78 is 10.7. The first-order chi connectivity index (χ1) is 17.8. The first kappa shape index (κ1) is 25.6. The number of carbonyl (C=O) groups is 3. The maximum Gasteiger partial charge on any atom is 0.310 e. The average Bonchev–Trinajstić information content (AvgIpc) is 3.15. The molecule has 0 radical (unpaired) electrons. The summed E-state index contributed by atoms with van der Waals surface area (Å²) in [6.45, 7) is 5.85. The standard InChI is InChI=1S/C29H28N2O6/c1-4-36-24(32)16-19-7-11-22(12-8-19)31-26(21-6-5-15-30-17-21)25(28(34)29(31)35)27(33)20-9-13-23(14-10-20)37-18(2)3/h5-15,17-18,26,33H,4,16H2,1-3H3/b27-25-. The van der Waals surface area contributed by atoms with Gasteiger partial charge in [-0.1, -0.05) is 18.2 Å². The number of ether oxygens (including phenoxy) is 2. The van der Waals surface area contributed by atoms with Gasteiger partial charge in [0.1, 0.15) is 11.5 Å². The number of aromatic nitrogens is 1. The minimum absolute atomic E-state index is 0.0148. The van der Waals surface area contributed by atoms with Crippen molar-refractivity contribution < 1.29 is 29.0 Å². The van der Waals surface area contributed by atoms with Crippen molar-refractivity contribution in [3.8, 4) is 5.75 Å². The van der Waals surface area contributed by atoms with Gasteiger partial charge in [0, 0.05) is 23.6 Å². The summed E-state index contributed by atoms with van der Waals surface area (Å²) in [5, 5.41) is 11.2. The predicted molar refractivity (Wildman–Crippen MR) is 138 cm³/mol. The van der Waals surface area contributed by atoms with Gasteiger partial charge in [0.05, 0.1) is 30.7 Å². The van der Waals surface area contributed by atoms with Crippen molar-refractivity contribution in [3.63, 3.8) is 0 Å². The molecule has 190 valence electrons. The molecule has 3 aromatic rings. The van der Waals surface area contributed by atoms with E-state index in [4.69, 9.17) is 9.47 Å². The van der Waals surface area contributed by atoms with Crippen LogP contribution in [0.25, 0.3) is 5.76 Å². The Labute approximate surface area is 215 Å². The van der Waals surface area contributed by atoms with E-state index in [1.807, 2.05) is 13.8 Å². The van der Waals surface area contributed by atoms with Gasteiger partial charge in [-0.15, -0.1) is 0 Å². The van der Waals surface area contributed by atoms with Crippen molar-refractivity contribution in [3.05, 3.63) is 95.3 Å². The number of pyridine rings is 1. The lowest BCUT2D eigenvalue weighted by atomic mass is 9.96. The molecule has 1 saturated heterocycles. The molecule has 8 heteroatoms. The normalized spacial score (nSPS) is 16.8. The Balaban J connectivity index is 1.75. The maximum absolute atomic E-state index is 13.3. The number of ketones is 1. The van der Waals surface area contributed by atoms with Crippen molar-refractivity contribution in [1.82, 2.24) is 4.98 Å². The van der Waals surface area contributed by atoms with Gasteiger partial charge in [-0.25, -0.2) is 0 Å². The van der Waals surface area contributed by atoms with Crippen LogP contribution in [-0.2, 0) is 25.5 Å². The molecule has 0 spiro atoms.